The van der Waals surface area contributed by atoms with Crippen molar-refractivity contribution in [3.63, 3.8) is 0 Å². The van der Waals surface area contributed by atoms with E-state index in [0.29, 0.717) is 5.56 Å². The minimum atomic E-state index is -0.962. The number of aromatic hydroxyl groups is 1. The van der Waals surface area contributed by atoms with Gasteiger partial charge in [0.25, 0.3) is 0 Å². The number of anilines is 1. The third kappa shape index (κ3) is 4.95. The molecule has 1 rings (SSSR count). The lowest BCUT2D eigenvalue weighted by molar-refractivity contribution is -0.138. The molecular formula is C16H23NO5. The highest BCUT2D eigenvalue weighted by molar-refractivity contribution is 5.89. The van der Waals surface area contributed by atoms with E-state index in [1.165, 1.54) is 6.07 Å². The highest BCUT2D eigenvalue weighted by Crippen LogP contribution is 2.38. The number of aliphatic carboxylic acids is 1. The van der Waals surface area contributed by atoms with E-state index in [0.717, 1.165) is 0 Å². The van der Waals surface area contributed by atoms with Crippen LogP contribution in [-0.2, 0) is 14.9 Å². The Balaban J connectivity index is 3.14. The smallest absolute Gasteiger partial charge is 0.412 e. The summed E-state index contributed by atoms with van der Waals surface area (Å²) in [4.78, 5) is 22.9. The number of amides is 1. The summed E-state index contributed by atoms with van der Waals surface area (Å²) < 4.78 is 5.17. The molecule has 0 aromatic heterocycles. The Bertz CT molecular complexity index is 572. The van der Waals surface area contributed by atoms with E-state index < -0.39 is 23.1 Å². The predicted molar refractivity (Wildman–Crippen MR) is 83.2 cm³/mol. The zero-order valence-electron chi connectivity index (χ0n) is 13.6. The standard InChI is InChI=1S/C16H23NO5/c1-15(2,3)22-14(21)17-13-10(7-6-8-11(13)18)16(4,5)9-12(19)20/h6-8,18H,9H2,1-5H3,(H,17,21)(H,19,20). The molecule has 1 aromatic carbocycles. The van der Waals surface area contributed by atoms with Crippen LogP contribution in [-0.4, -0.2) is 27.9 Å². The molecule has 0 radical (unpaired) electrons. The normalized spacial score (nSPS) is 11.9. The van der Waals surface area contributed by atoms with Gasteiger partial charge in [0.05, 0.1) is 12.1 Å². The summed E-state index contributed by atoms with van der Waals surface area (Å²) in [5.41, 5.74) is -0.746. The maximum absolute atomic E-state index is 11.9. The van der Waals surface area contributed by atoms with Crippen LogP contribution in [0.1, 0.15) is 46.6 Å². The van der Waals surface area contributed by atoms with E-state index >= 15 is 0 Å². The maximum Gasteiger partial charge on any atom is 0.412 e. The molecule has 0 saturated heterocycles. The second-order valence-electron chi connectivity index (χ2n) is 6.78. The average Bonchev–Trinajstić information content (AvgIpc) is 2.27. The number of nitrogens with one attached hydrogen (secondary N) is 1. The molecule has 0 aliphatic heterocycles. The van der Waals surface area contributed by atoms with Crippen LogP contribution >= 0.6 is 0 Å². The van der Waals surface area contributed by atoms with Crippen molar-refractivity contribution in [1.29, 1.82) is 0 Å². The van der Waals surface area contributed by atoms with E-state index in [1.807, 2.05) is 0 Å². The van der Waals surface area contributed by atoms with Crippen molar-refractivity contribution in [3.8, 4) is 5.75 Å². The van der Waals surface area contributed by atoms with Gasteiger partial charge >= 0.3 is 12.1 Å². The molecule has 0 heterocycles. The predicted octanol–water partition coefficient (Wildman–Crippen LogP) is 3.49. The van der Waals surface area contributed by atoms with Crippen molar-refractivity contribution in [2.45, 2.75) is 52.1 Å². The first-order valence-electron chi connectivity index (χ1n) is 6.96. The summed E-state index contributed by atoms with van der Waals surface area (Å²) in [6.07, 6.45) is -0.846. The van der Waals surface area contributed by atoms with Gasteiger partial charge in [-0.3, -0.25) is 10.1 Å². The van der Waals surface area contributed by atoms with Crippen molar-refractivity contribution in [1.82, 2.24) is 0 Å². The molecule has 0 atom stereocenters. The van der Waals surface area contributed by atoms with Crippen LogP contribution in [0.25, 0.3) is 0 Å². The number of carbonyl (C=O) groups is 2. The number of rotatable bonds is 4. The Morgan fingerprint density at radius 2 is 1.77 bits per heavy atom. The molecule has 122 valence electrons. The Morgan fingerprint density at radius 1 is 1.18 bits per heavy atom. The minimum Gasteiger partial charge on any atom is -0.506 e. The van der Waals surface area contributed by atoms with Gasteiger partial charge in [-0.15, -0.1) is 0 Å². The molecule has 0 spiro atoms. The van der Waals surface area contributed by atoms with E-state index in [1.54, 1.807) is 46.8 Å². The summed E-state index contributed by atoms with van der Waals surface area (Å²) in [7, 11) is 0. The lowest BCUT2D eigenvalue weighted by atomic mass is 9.80. The first-order valence-corrected chi connectivity index (χ1v) is 6.96. The fourth-order valence-corrected chi connectivity index (χ4v) is 2.11. The second kappa shape index (κ2) is 6.25. The average molecular weight is 309 g/mol. The number of hydrogen-bond donors (Lipinski definition) is 3. The zero-order valence-corrected chi connectivity index (χ0v) is 13.6. The van der Waals surface area contributed by atoms with Gasteiger partial charge in [-0.05, 0) is 32.4 Å². The van der Waals surface area contributed by atoms with Gasteiger partial charge in [0.15, 0.2) is 0 Å². The summed E-state index contributed by atoms with van der Waals surface area (Å²) >= 11 is 0. The van der Waals surface area contributed by atoms with Crippen LogP contribution in [0.3, 0.4) is 0 Å². The molecule has 0 aliphatic carbocycles. The van der Waals surface area contributed by atoms with Crippen molar-refractivity contribution in [2.24, 2.45) is 0 Å². The van der Waals surface area contributed by atoms with Crippen molar-refractivity contribution in [2.75, 3.05) is 5.32 Å². The Morgan fingerprint density at radius 3 is 2.27 bits per heavy atom. The van der Waals surface area contributed by atoms with Crippen molar-refractivity contribution < 1.29 is 24.5 Å². The fraction of sp³-hybridized carbons (Fsp3) is 0.500. The lowest BCUT2D eigenvalue weighted by Gasteiger charge is -2.27. The van der Waals surface area contributed by atoms with Crippen LogP contribution < -0.4 is 5.32 Å². The molecule has 0 saturated carbocycles. The summed E-state index contributed by atoms with van der Waals surface area (Å²) in [6.45, 7) is 8.65. The number of carboxylic acid groups (broad SMARTS) is 1. The van der Waals surface area contributed by atoms with Crippen molar-refractivity contribution in [3.05, 3.63) is 23.8 Å². The number of hydrogen-bond acceptors (Lipinski definition) is 4. The fourth-order valence-electron chi connectivity index (χ4n) is 2.11. The number of para-hydroxylation sites is 1. The molecule has 1 amide bonds. The quantitative estimate of drug-likeness (QED) is 0.740. The maximum atomic E-state index is 11.9. The monoisotopic (exact) mass is 309 g/mol. The number of ether oxygens (including phenoxy) is 1. The Labute approximate surface area is 130 Å². The first-order chi connectivity index (χ1) is 9.92. The van der Waals surface area contributed by atoms with Gasteiger partial charge in [-0.2, -0.15) is 0 Å². The molecule has 1 aromatic rings. The number of phenols is 1. The van der Waals surface area contributed by atoms with Crippen molar-refractivity contribution >= 4 is 17.7 Å². The van der Waals surface area contributed by atoms with Crippen LogP contribution in [0.4, 0.5) is 10.5 Å². The molecule has 0 bridgehead atoms. The van der Waals surface area contributed by atoms with Gasteiger partial charge in [-0.1, -0.05) is 26.0 Å². The molecule has 6 heteroatoms. The first kappa shape index (κ1) is 17.8. The minimum absolute atomic E-state index is 0.137. The van der Waals surface area contributed by atoms with Gasteiger partial charge in [0.1, 0.15) is 11.4 Å². The zero-order chi connectivity index (χ0) is 17.1. The largest absolute Gasteiger partial charge is 0.506 e. The summed E-state index contributed by atoms with van der Waals surface area (Å²) in [5, 5.41) is 21.6. The van der Waals surface area contributed by atoms with Crippen LogP contribution in [0.2, 0.25) is 0 Å². The van der Waals surface area contributed by atoms with E-state index in [4.69, 9.17) is 9.84 Å². The molecule has 3 N–H and O–H groups in total. The molecule has 0 unspecified atom stereocenters. The van der Waals surface area contributed by atoms with Crippen LogP contribution in [0.5, 0.6) is 5.75 Å². The molecule has 22 heavy (non-hydrogen) atoms. The summed E-state index contributed by atoms with van der Waals surface area (Å²) in [6, 6.07) is 4.71. The topological polar surface area (TPSA) is 95.9 Å². The van der Waals surface area contributed by atoms with Gasteiger partial charge < -0.3 is 14.9 Å². The highest BCUT2D eigenvalue weighted by atomic mass is 16.6. The van der Waals surface area contributed by atoms with Crippen LogP contribution in [0, 0.1) is 0 Å². The molecule has 0 aliphatic rings. The number of phenolic OH excluding ortho intramolecular Hbond substituents is 1. The van der Waals surface area contributed by atoms with E-state index in [-0.39, 0.29) is 17.9 Å². The van der Waals surface area contributed by atoms with Gasteiger partial charge in [0, 0.05) is 5.41 Å². The van der Waals surface area contributed by atoms with Crippen LogP contribution in [0.15, 0.2) is 18.2 Å². The van der Waals surface area contributed by atoms with Gasteiger partial charge in [0.2, 0.25) is 0 Å². The highest BCUT2D eigenvalue weighted by Gasteiger charge is 2.29. The Hall–Kier alpha value is -2.24. The Kier molecular flexibility index (Phi) is 5.06. The third-order valence-corrected chi connectivity index (χ3v) is 2.99. The SMILES string of the molecule is CC(C)(C)OC(=O)Nc1c(O)cccc1C(C)(C)CC(=O)O. The second-order valence-corrected chi connectivity index (χ2v) is 6.78. The molecular weight excluding hydrogens is 286 g/mol. The lowest BCUT2D eigenvalue weighted by Crippen LogP contribution is -2.29. The van der Waals surface area contributed by atoms with E-state index in [9.17, 15) is 14.7 Å². The summed E-state index contributed by atoms with van der Waals surface area (Å²) in [5.74, 6) is -1.10. The molecule has 0 fully saturated rings. The number of carboxylic acids is 1. The molecule has 6 nitrogen and oxygen atoms in total. The van der Waals surface area contributed by atoms with E-state index in [2.05, 4.69) is 5.32 Å². The number of benzene rings is 1. The van der Waals surface area contributed by atoms with Gasteiger partial charge in [-0.25, -0.2) is 4.79 Å². The number of carbonyl (C=O) groups excluding carboxylic acids is 1. The third-order valence-electron chi connectivity index (χ3n) is 2.99.